The van der Waals surface area contributed by atoms with E-state index in [2.05, 4.69) is 20.3 Å². The zero-order valence-corrected chi connectivity index (χ0v) is 13.4. The average Bonchev–Trinajstić information content (AvgIpc) is 2.93. The number of aromatic nitrogens is 4. The van der Waals surface area contributed by atoms with E-state index >= 15 is 0 Å². The van der Waals surface area contributed by atoms with E-state index in [-0.39, 0.29) is 11.9 Å². The summed E-state index contributed by atoms with van der Waals surface area (Å²) in [6.07, 6.45) is 5.79. The number of pyridine rings is 2. The predicted octanol–water partition coefficient (Wildman–Crippen LogP) is 2.55. The van der Waals surface area contributed by atoms with Gasteiger partial charge in [-0.1, -0.05) is 6.92 Å². The minimum atomic E-state index is -0.166. The Morgan fingerprint density at radius 2 is 2.13 bits per heavy atom. The molecule has 0 radical (unpaired) electrons. The number of carbonyl (C=O) groups excluding carboxylic acids is 1. The van der Waals surface area contributed by atoms with Crippen LogP contribution in [0.4, 0.5) is 0 Å². The van der Waals surface area contributed by atoms with Gasteiger partial charge in [0, 0.05) is 19.4 Å². The number of rotatable bonds is 4. The molecule has 23 heavy (non-hydrogen) atoms. The molecule has 0 aliphatic heterocycles. The molecule has 0 aliphatic carbocycles. The zero-order valence-electron chi connectivity index (χ0n) is 13.4. The Kier molecular flexibility index (Phi) is 4.06. The molecule has 3 aromatic rings. The number of nitrogens with one attached hydrogen (secondary N) is 1. The summed E-state index contributed by atoms with van der Waals surface area (Å²) >= 11 is 0. The van der Waals surface area contributed by atoms with E-state index in [9.17, 15) is 4.79 Å². The fraction of sp³-hybridized carbons (Fsp3) is 0.294. The van der Waals surface area contributed by atoms with Gasteiger partial charge in [0.15, 0.2) is 5.65 Å². The van der Waals surface area contributed by atoms with E-state index < -0.39 is 0 Å². The van der Waals surface area contributed by atoms with Crippen LogP contribution in [0.3, 0.4) is 0 Å². The van der Waals surface area contributed by atoms with E-state index in [1.54, 1.807) is 24.8 Å². The van der Waals surface area contributed by atoms with Gasteiger partial charge in [-0.15, -0.1) is 0 Å². The number of imidazole rings is 1. The van der Waals surface area contributed by atoms with Gasteiger partial charge in [-0.2, -0.15) is 0 Å². The first-order valence-corrected chi connectivity index (χ1v) is 7.59. The van der Waals surface area contributed by atoms with Crippen LogP contribution in [0.25, 0.3) is 11.2 Å². The molecule has 1 N–H and O–H groups in total. The maximum absolute atomic E-state index is 12.5. The van der Waals surface area contributed by atoms with Gasteiger partial charge >= 0.3 is 0 Å². The summed E-state index contributed by atoms with van der Waals surface area (Å²) in [7, 11) is 1.87. The third-order valence-corrected chi connectivity index (χ3v) is 3.82. The van der Waals surface area contributed by atoms with Crippen molar-refractivity contribution in [2.45, 2.75) is 26.3 Å². The number of amides is 1. The Hall–Kier alpha value is -2.76. The maximum atomic E-state index is 12.5. The Balaban J connectivity index is 1.83. The Morgan fingerprint density at radius 1 is 1.30 bits per heavy atom. The van der Waals surface area contributed by atoms with Crippen LogP contribution in [0.2, 0.25) is 0 Å². The van der Waals surface area contributed by atoms with Crippen LogP contribution in [0.5, 0.6) is 0 Å². The summed E-state index contributed by atoms with van der Waals surface area (Å²) in [5.41, 5.74) is 3.96. The minimum Gasteiger partial charge on any atom is -0.344 e. The van der Waals surface area contributed by atoms with Gasteiger partial charge < -0.3 is 9.88 Å². The molecule has 0 fully saturated rings. The van der Waals surface area contributed by atoms with Gasteiger partial charge in [-0.05, 0) is 37.1 Å². The quantitative estimate of drug-likeness (QED) is 0.804. The largest absolute Gasteiger partial charge is 0.344 e. The lowest BCUT2D eigenvalue weighted by molar-refractivity contribution is 0.0934. The van der Waals surface area contributed by atoms with Crippen LogP contribution in [-0.2, 0) is 7.05 Å². The average molecular weight is 309 g/mol. The Labute approximate surface area is 134 Å². The van der Waals surface area contributed by atoms with Crippen molar-refractivity contribution in [2.75, 3.05) is 0 Å². The summed E-state index contributed by atoms with van der Waals surface area (Å²) in [6.45, 7) is 4.04. The molecule has 0 aliphatic rings. The number of hydrogen-bond acceptors (Lipinski definition) is 4. The second kappa shape index (κ2) is 6.16. The second-order valence-electron chi connectivity index (χ2n) is 5.61. The molecular formula is C17H19N5O. The van der Waals surface area contributed by atoms with Gasteiger partial charge in [0.1, 0.15) is 5.52 Å². The van der Waals surface area contributed by atoms with Crippen LogP contribution in [0.1, 0.15) is 41.0 Å². The summed E-state index contributed by atoms with van der Waals surface area (Å²) in [4.78, 5) is 25.4. The molecule has 0 aromatic carbocycles. The lowest BCUT2D eigenvalue weighted by Gasteiger charge is -2.16. The maximum Gasteiger partial charge on any atom is 0.253 e. The lowest BCUT2D eigenvalue weighted by Crippen LogP contribution is -2.28. The highest BCUT2D eigenvalue weighted by Gasteiger charge is 2.16. The summed E-state index contributed by atoms with van der Waals surface area (Å²) in [5, 5.41) is 3.02. The molecule has 6 nitrogen and oxygen atoms in total. The van der Waals surface area contributed by atoms with Crippen LogP contribution in [-0.4, -0.2) is 25.4 Å². The van der Waals surface area contributed by atoms with Gasteiger partial charge in [0.25, 0.3) is 5.91 Å². The number of hydrogen-bond donors (Lipinski definition) is 1. The van der Waals surface area contributed by atoms with Crippen molar-refractivity contribution in [3.05, 3.63) is 53.7 Å². The third-order valence-electron chi connectivity index (χ3n) is 3.82. The highest BCUT2D eigenvalue weighted by atomic mass is 16.1. The number of carbonyl (C=O) groups is 1. The SMILES string of the molecule is CCC(NC(=O)c1cnc2c(c1)ncn2C)c1cc(C)ccn1. The van der Waals surface area contributed by atoms with Gasteiger partial charge in [-0.25, -0.2) is 9.97 Å². The van der Waals surface area contributed by atoms with Crippen molar-refractivity contribution >= 4 is 17.1 Å². The van der Waals surface area contributed by atoms with Crippen molar-refractivity contribution in [3.63, 3.8) is 0 Å². The molecule has 6 heteroatoms. The van der Waals surface area contributed by atoms with Gasteiger partial charge in [-0.3, -0.25) is 9.78 Å². The highest BCUT2D eigenvalue weighted by molar-refractivity contribution is 5.96. The number of fused-ring (bicyclic) bond motifs is 1. The van der Waals surface area contributed by atoms with Crippen LogP contribution < -0.4 is 5.32 Å². The second-order valence-corrected chi connectivity index (χ2v) is 5.61. The van der Waals surface area contributed by atoms with Crippen molar-refractivity contribution in [1.82, 2.24) is 24.8 Å². The standard InChI is InChI=1S/C17H19N5O/c1-4-13(14-7-11(2)5-6-18-14)21-17(23)12-8-15-16(19-9-12)22(3)10-20-15/h5-10,13H,4H2,1-3H3,(H,21,23). The topological polar surface area (TPSA) is 72.7 Å². The summed E-state index contributed by atoms with van der Waals surface area (Å²) in [5.74, 6) is -0.166. The van der Waals surface area contributed by atoms with Crippen molar-refractivity contribution < 1.29 is 4.79 Å². The van der Waals surface area contributed by atoms with Crippen LogP contribution in [0.15, 0.2) is 36.9 Å². The van der Waals surface area contributed by atoms with Gasteiger partial charge in [0.2, 0.25) is 0 Å². The van der Waals surface area contributed by atoms with Crippen molar-refractivity contribution in [2.24, 2.45) is 7.05 Å². The Bertz CT molecular complexity index is 855. The molecule has 1 amide bonds. The summed E-state index contributed by atoms with van der Waals surface area (Å²) in [6, 6.07) is 5.57. The molecule has 0 saturated carbocycles. The molecule has 3 aromatic heterocycles. The normalized spacial score (nSPS) is 12.3. The molecule has 3 heterocycles. The van der Waals surface area contributed by atoms with E-state index in [1.807, 2.05) is 37.6 Å². The number of aryl methyl sites for hydroxylation is 2. The monoisotopic (exact) mass is 309 g/mol. The van der Waals surface area contributed by atoms with E-state index in [0.29, 0.717) is 11.1 Å². The predicted molar refractivity (Wildman–Crippen MR) is 88.0 cm³/mol. The van der Waals surface area contributed by atoms with Gasteiger partial charge in [0.05, 0.1) is 23.6 Å². The molecule has 118 valence electrons. The fourth-order valence-corrected chi connectivity index (χ4v) is 2.52. The molecular weight excluding hydrogens is 290 g/mol. The molecule has 1 atom stereocenters. The van der Waals surface area contributed by atoms with Crippen LogP contribution in [0, 0.1) is 6.92 Å². The molecule has 3 rings (SSSR count). The summed E-state index contributed by atoms with van der Waals surface area (Å²) < 4.78 is 1.82. The first-order chi connectivity index (χ1) is 11.1. The third kappa shape index (κ3) is 3.06. The van der Waals surface area contributed by atoms with E-state index in [1.165, 1.54) is 0 Å². The van der Waals surface area contributed by atoms with Crippen molar-refractivity contribution in [1.29, 1.82) is 0 Å². The van der Waals surface area contributed by atoms with E-state index in [0.717, 1.165) is 23.3 Å². The Morgan fingerprint density at radius 3 is 2.87 bits per heavy atom. The van der Waals surface area contributed by atoms with Crippen molar-refractivity contribution in [3.8, 4) is 0 Å². The molecule has 0 saturated heterocycles. The lowest BCUT2D eigenvalue weighted by atomic mass is 10.1. The zero-order chi connectivity index (χ0) is 16.4. The van der Waals surface area contributed by atoms with E-state index in [4.69, 9.17) is 0 Å². The molecule has 0 bridgehead atoms. The van der Waals surface area contributed by atoms with Crippen LogP contribution >= 0.6 is 0 Å². The smallest absolute Gasteiger partial charge is 0.253 e. The number of nitrogens with zero attached hydrogens (tertiary/aromatic N) is 4. The minimum absolute atomic E-state index is 0.123. The molecule has 0 spiro atoms. The first-order valence-electron chi connectivity index (χ1n) is 7.59. The highest BCUT2D eigenvalue weighted by Crippen LogP contribution is 2.17. The fourth-order valence-electron chi connectivity index (χ4n) is 2.52. The first kappa shape index (κ1) is 15.1. The molecule has 1 unspecified atom stereocenters.